The number of hydrogen-bond acceptors (Lipinski definition) is 2. The molecule has 0 saturated heterocycles. The van der Waals surface area contributed by atoms with Gasteiger partial charge < -0.3 is 10.4 Å². The Labute approximate surface area is 110 Å². The molecule has 2 nitrogen and oxygen atoms in total. The third-order valence-electron chi connectivity index (χ3n) is 3.91. The Morgan fingerprint density at radius 3 is 2.06 bits per heavy atom. The fourth-order valence-electron chi connectivity index (χ4n) is 2.68. The molecule has 0 amide bonds. The third kappa shape index (κ3) is 4.43. The Hall–Kier alpha value is -0.860. The lowest BCUT2D eigenvalue weighted by Gasteiger charge is -2.21. The van der Waals surface area contributed by atoms with E-state index in [-0.39, 0.29) is 6.61 Å². The van der Waals surface area contributed by atoms with Crippen LogP contribution in [0.4, 0.5) is 0 Å². The molecule has 0 unspecified atom stereocenters. The Kier molecular flexibility index (Phi) is 5.69. The first-order chi connectivity index (χ1) is 8.88. The maximum absolute atomic E-state index is 9.00. The van der Waals surface area contributed by atoms with E-state index >= 15 is 0 Å². The van der Waals surface area contributed by atoms with Crippen LogP contribution in [0.15, 0.2) is 24.3 Å². The molecule has 1 saturated carbocycles. The minimum absolute atomic E-state index is 0.135. The third-order valence-corrected chi connectivity index (χ3v) is 3.91. The van der Waals surface area contributed by atoms with E-state index in [9.17, 15) is 0 Å². The zero-order valence-corrected chi connectivity index (χ0v) is 11.2. The van der Waals surface area contributed by atoms with Gasteiger partial charge in [-0.15, -0.1) is 0 Å². The van der Waals surface area contributed by atoms with E-state index in [0.29, 0.717) is 6.04 Å². The van der Waals surface area contributed by atoms with Crippen molar-refractivity contribution in [1.82, 2.24) is 5.32 Å². The molecule has 1 fully saturated rings. The molecule has 0 bridgehead atoms. The maximum atomic E-state index is 9.00. The highest BCUT2D eigenvalue weighted by atomic mass is 16.3. The number of aliphatic hydroxyl groups is 1. The standard InChI is InChI=1S/C16H25NO/c18-13-15-10-8-14(9-11-15)12-17-16-6-4-2-1-3-5-7-16/h8-11,16-18H,1-7,12-13H2. The first kappa shape index (κ1) is 13.6. The predicted octanol–water partition coefficient (Wildman–Crippen LogP) is 3.38. The average Bonchev–Trinajstić information content (AvgIpc) is 2.38. The van der Waals surface area contributed by atoms with Gasteiger partial charge in [-0.05, 0) is 24.0 Å². The van der Waals surface area contributed by atoms with Crippen molar-refractivity contribution in [2.24, 2.45) is 0 Å². The fourth-order valence-corrected chi connectivity index (χ4v) is 2.68. The number of rotatable bonds is 4. The lowest BCUT2D eigenvalue weighted by Crippen LogP contribution is -2.29. The van der Waals surface area contributed by atoms with Crippen LogP contribution >= 0.6 is 0 Å². The molecule has 0 radical (unpaired) electrons. The highest BCUT2D eigenvalue weighted by molar-refractivity contribution is 5.21. The molecule has 0 heterocycles. The van der Waals surface area contributed by atoms with Gasteiger partial charge in [0.2, 0.25) is 0 Å². The number of nitrogens with one attached hydrogen (secondary N) is 1. The van der Waals surface area contributed by atoms with Crippen molar-refractivity contribution in [1.29, 1.82) is 0 Å². The van der Waals surface area contributed by atoms with Crippen LogP contribution in [0.1, 0.15) is 56.1 Å². The minimum atomic E-state index is 0.135. The van der Waals surface area contributed by atoms with Crippen LogP contribution in [0, 0.1) is 0 Å². The predicted molar refractivity (Wildman–Crippen MR) is 75.3 cm³/mol. The molecule has 18 heavy (non-hydrogen) atoms. The first-order valence-corrected chi connectivity index (χ1v) is 7.30. The van der Waals surface area contributed by atoms with Crippen LogP contribution in [0.2, 0.25) is 0 Å². The minimum Gasteiger partial charge on any atom is -0.392 e. The molecule has 0 aliphatic heterocycles. The van der Waals surface area contributed by atoms with Gasteiger partial charge in [-0.3, -0.25) is 0 Å². The van der Waals surface area contributed by atoms with Crippen LogP contribution < -0.4 is 5.32 Å². The van der Waals surface area contributed by atoms with Gasteiger partial charge in [0.1, 0.15) is 0 Å². The quantitative estimate of drug-likeness (QED) is 0.855. The summed E-state index contributed by atoms with van der Waals surface area (Å²) >= 11 is 0. The Balaban J connectivity index is 1.78. The molecule has 0 atom stereocenters. The molecule has 100 valence electrons. The summed E-state index contributed by atoms with van der Waals surface area (Å²) in [5.74, 6) is 0. The topological polar surface area (TPSA) is 32.3 Å². The summed E-state index contributed by atoms with van der Waals surface area (Å²) in [4.78, 5) is 0. The monoisotopic (exact) mass is 247 g/mol. The Morgan fingerprint density at radius 2 is 1.44 bits per heavy atom. The molecule has 1 aliphatic rings. The molecule has 0 spiro atoms. The van der Waals surface area contributed by atoms with E-state index in [1.54, 1.807) is 0 Å². The van der Waals surface area contributed by atoms with Crippen molar-refractivity contribution >= 4 is 0 Å². The van der Waals surface area contributed by atoms with Gasteiger partial charge in [-0.25, -0.2) is 0 Å². The largest absolute Gasteiger partial charge is 0.392 e. The van der Waals surface area contributed by atoms with E-state index in [1.165, 1.54) is 50.5 Å². The summed E-state index contributed by atoms with van der Waals surface area (Å²) in [5, 5.41) is 12.7. The van der Waals surface area contributed by atoms with Gasteiger partial charge in [-0.1, -0.05) is 56.4 Å². The molecule has 0 aromatic heterocycles. The summed E-state index contributed by atoms with van der Waals surface area (Å²) in [5.41, 5.74) is 2.30. The van der Waals surface area contributed by atoms with Crippen molar-refractivity contribution < 1.29 is 5.11 Å². The van der Waals surface area contributed by atoms with Crippen molar-refractivity contribution in [3.8, 4) is 0 Å². The second-order valence-corrected chi connectivity index (χ2v) is 5.40. The van der Waals surface area contributed by atoms with Gasteiger partial charge in [0, 0.05) is 12.6 Å². The van der Waals surface area contributed by atoms with Crippen molar-refractivity contribution in [2.45, 2.75) is 64.1 Å². The van der Waals surface area contributed by atoms with Crippen LogP contribution in [0.25, 0.3) is 0 Å². The van der Waals surface area contributed by atoms with Gasteiger partial charge >= 0.3 is 0 Å². The summed E-state index contributed by atoms with van der Waals surface area (Å²) in [6, 6.07) is 8.94. The fraction of sp³-hybridized carbons (Fsp3) is 0.625. The molecular weight excluding hydrogens is 222 g/mol. The normalized spacial score (nSPS) is 18.3. The smallest absolute Gasteiger partial charge is 0.0681 e. The molecule has 2 N–H and O–H groups in total. The molecule has 1 aromatic carbocycles. The zero-order valence-electron chi connectivity index (χ0n) is 11.2. The lowest BCUT2D eigenvalue weighted by molar-refractivity contribution is 0.282. The summed E-state index contributed by atoms with van der Waals surface area (Å²) in [6.07, 6.45) is 9.65. The summed E-state index contributed by atoms with van der Waals surface area (Å²) in [7, 11) is 0. The van der Waals surface area contributed by atoms with Gasteiger partial charge in [0.05, 0.1) is 6.61 Å². The van der Waals surface area contributed by atoms with E-state index in [4.69, 9.17) is 5.11 Å². The second kappa shape index (κ2) is 7.55. The number of aliphatic hydroxyl groups excluding tert-OH is 1. The van der Waals surface area contributed by atoms with Gasteiger partial charge in [0.15, 0.2) is 0 Å². The van der Waals surface area contributed by atoms with Crippen molar-refractivity contribution in [3.63, 3.8) is 0 Å². The number of hydrogen-bond donors (Lipinski definition) is 2. The Bertz CT molecular complexity index is 325. The molecule has 1 aromatic rings. The molecule has 2 heteroatoms. The van der Waals surface area contributed by atoms with E-state index in [0.717, 1.165) is 12.1 Å². The van der Waals surface area contributed by atoms with E-state index < -0.39 is 0 Å². The van der Waals surface area contributed by atoms with Crippen molar-refractivity contribution in [2.75, 3.05) is 0 Å². The SMILES string of the molecule is OCc1ccc(CNC2CCCCCCC2)cc1. The van der Waals surface area contributed by atoms with Crippen LogP contribution in [0.3, 0.4) is 0 Å². The number of benzene rings is 1. The van der Waals surface area contributed by atoms with Crippen LogP contribution in [0.5, 0.6) is 0 Å². The van der Waals surface area contributed by atoms with Crippen LogP contribution in [-0.2, 0) is 13.2 Å². The lowest BCUT2D eigenvalue weighted by atomic mass is 9.96. The molecule has 1 aliphatic carbocycles. The van der Waals surface area contributed by atoms with Gasteiger partial charge in [0.25, 0.3) is 0 Å². The molecular formula is C16H25NO. The van der Waals surface area contributed by atoms with Crippen molar-refractivity contribution in [3.05, 3.63) is 35.4 Å². The maximum Gasteiger partial charge on any atom is 0.0681 e. The Morgan fingerprint density at radius 1 is 0.889 bits per heavy atom. The van der Waals surface area contributed by atoms with E-state index in [1.807, 2.05) is 12.1 Å². The average molecular weight is 247 g/mol. The highest BCUT2D eigenvalue weighted by Gasteiger charge is 2.10. The van der Waals surface area contributed by atoms with E-state index in [2.05, 4.69) is 17.4 Å². The zero-order chi connectivity index (χ0) is 12.6. The molecule has 2 rings (SSSR count). The van der Waals surface area contributed by atoms with Crippen LogP contribution in [-0.4, -0.2) is 11.1 Å². The summed E-state index contributed by atoms with van der Waals surface area (Å²) < 4.78 is 0. The second-order valence-electron chi connectivity index (χ2n) is 5.40. The summed E-state index contributed by atoms with van der Waals surface area (Å²) in [6.45, 7) is 1.09. The highest BCUT2D eigenvalue weighted by Crippen LogP contribution is 2.17. The van der Waals surface area contributed by atoms with Gasteiger partial charge in [-0.2, -0.15) is 0 Å². The first-order valence-electron chi connectivity index (χ1n) is 7.30.